The molecule has 2 rings (SSSR count). The average molecular weight is 320 g/mol. The van der Waals surface area contributed by atoms with Crippen LogP contribution in [0.2, 0.25) is 0 Å². The van der Waals surface area contributed by atoms with E-state index in [1.807, 2.05) is 11.0 Å². The quantitative estimate of drug-likeness (QED) is 0.864. The Labute approximate surface area is 136 Å². The first-order chi connectivity index (χ1) is 11.2. The van der Waals surface area contributed by atoms with Crippen LogP contribution >= 0.6 is 0 Å². The molecule has 1 aromatic rings. The van der Waals surface area contributed by atoms with E-state index in [0.29, 0.717) is 11.5 Å². The topological polar surface area (TPSA) is 67.9 Å². The van der Waals surface area contributed by atoms with Gasteiger partial charge >= 0.3 is 0 Å². The molecule has 0 unspecified atom stereocenters. The Bertz CT molecular complexity index is 525. The van der Waals surface area contributed by atoms with Gasteiger partial charge in [-0.2, -0.15) is 0 Å². The molecular formula is C17H24N2O4. The Balaban J connectivity index is 1.73. The molecule has 1 N–H and O–H groups in total. The highest BCUT2D eigenvalue weighted by Gasteiger charge is 2.16. The maximum atomic E-state index is 12.1. The van der Waals surface area contributed by atoms with Crippen molar-refractivity contribution in [3.63, 3.8) is 0 Å². The molecule has 6 nitrogen and oxygen atoms in total. The van der Waals surface area contributed by atoms with Crippen molar-refractivity contribution < 1.29 is 19.1 Å². The van der Waals surface area contributed by atoms with Crippen molar-refractivity contribution in [2.24, 2.45) is 0 Å². The number of benzene rings is 1. The van der Waals surface area contributed by atoms with Crippen molar-refractivity contribution in [2.45, 2.75) is 25.7 Å². The number of amides is 2. The third kappa shape index (κ3) is 5.47. The molecule has 2 amide bonds. The van der Waals surface area contributed by atoms with E-state index in [0.717, 1.165) is 25.9 Å². The fraction of sp³-hybridized carbons (Fsp3) is 0.529. The summed E-state index contributed by atoms with van der Waals surface area (Å²) in [6, 6.07) is 7.12. The van der Waals surface area contributed by atoms with Crippen LogP contribution in [0.4, 0.5) is 0 Å². The standard InChI is InChI=1S/C17H24N2O4/c1-22-14-8-4-5-9-15(14)23-13-16(20)18-12-17(21)19-10-6-2-3-7-11-19/h4-5,8-9H,2-3,6-7,10-13H2,1H3,(H,18,20). The summed E-state index contributed by atoms with van der Waals surface area (Å²) in [7, 11) is 1.54. The number of nitrogens with one attached hydrogen (secondary N) is 1. The number of likely N-dealkylation sites (tertiary alicyclic amines) is 1. The second-order valence-corrected chi connectivity index (χ2v) is 5.51. The van der Waals surface area contributed by atoms with Crippen molar-refractivity contribution in [1.82, 2.24) is 10.2 Å². The van der Waals surface area contributed by atoms with Gasteiger partial charge in [0, 0.05) is 13.1 Å². The number of carbonyl (C=O) groups excluding carboxylic acids is 2. The van der Waals surface area contributed by atoms with Crippen LogP contribution in [0.5, 0.6) is 11.5 Å². The predicted molar refractivity (Wildman–Crippen MR) is 86.5 cm³/mol. The van der Waals surface area contributed by atoms with Crippen LogP contribution in [0.1, 0.15) is 25.7 Å². The number of rotatable bonds is 6. The molecule has 1 aliphatic rings. The first-order valence-electron chi connectivity index (χ1n) is 8.01. The Kier molecular flexibility index (Phi) is 6.72. The number of methoxy groups -OCH3 is 1. The van der Waals surface area contributed by atoms with Gasteiger partial charge in [0.05, 0.1) is 13.7 Å². The van der Waals surface area contributed by atoms with Gasteiger partial charge in [-0.25, -0.2) is 0 Å². The molecule has 1 heterocycles. The molecule has 0 bridgehead atoms. The van der Waals surface area contributed by atoms with Gasteiger partial charge in [-0.1, -0.05) is 25.0 Å². The lowest BCUT2D eigenvalue weighted by Crippen LogP contribution is -2.41. The molecule has 1 fully saturated rings. The summed E-state index contributed by atoms with van der Waals surface area (Å²) in [5.41, 5.74) is 0. The number of carbonyl (C=O) groups is 2. The second kappa shape index (κ2) is 9.02. The molecule has 0 aliphatic carbocycles. The number of ether oxygens (including phenoxy) is 2. The highest BCUT2D eigenvalue weighted by atomic mass is 16.5. The van der Waals surface area contributed by atoms with Gasteiger partial charge in [0.15, 0.2) is 18.1 Å². The predicted octanol–water partition coefficient (Wildman–Crippen LogP) is 1.59. The van der Waals surface area contributed by atoms with Crippen LogP contribution in [0.3, 0.4) is 0 Å². The molecule has 0 atom stereocenters. The molecule has 6 heteroatoms. The molecular weight excluding hydrogens is 296 g/mol. The maximum Gasteiger partial charge on any atom is 0.258 e. The first-order valence-corrected chi connectivity index (χ1v) is 8.01. The minimum atomic E-state index is -0.320. The van der Waals surface area contributed by atoms with Crippen LogP contribution in [0, 0.1) is 0 Å². The third-order valence-corrected chi connectivity index (χ3v) is 3.82. The van der Waals surface area contributed by atoms with E-state index in [2.05, 4.69) is 5.32 Å². The SMILES string of the molecule is COc1ccccc1OCC(=O)NCC(=O)N1CCCCCC1. The Morgan fingerprint density at radius 2 is 1.74 bits per heavy atom. The number of hydrogen-bond acceptors (Lipinski definition) is 4. The van der Waals surface area contributed by atoms with Crippen LogP contribution in [0.15, 0.2) is 24.3 Å². The van der Waals surface area contributed by atoms with Gasteiger partial charge in [-0.05, 0) is 25.0 Å². The lowest BCUT2D eigenvalue weighted by Gasteiger charge is -2.20. The molecule has 23 heavy (non-hydrogen) atoms. The smallest absolute Gasteiger partial charge is 0.258 e. The lowest BCUT2D eigenvalue weighted by atomic mass is 10.2. The Morgan fingerprint density at radius 3 is 2.39 bits per heavy atom. The summed E-state index contributed by atoms with van der Waals surface area (Å²) in [5.74, 6) is 0.724. The molecule has 0 radical (unpaired) electrons. The molecule has 1 saturated heterocycles. The molecule has 1 aliphatic heterocycles. The monoisotopic (exact) mass is 320 g/mol. The van der Waals surface area contributed by atoms with E-state index >= 15 is 0 Å². The largest absolute Gasteiger partial charge is 0.493 e. The molecule has 0 aromatic heterocycles. The van der Waals surface area contributed by atoms with Gasteiger partial charge in [0.2, 0.25) is 5.91 Å². The zero-order valence-corrected chi connectivity index (χ0v) is 13.5. The van der Waals surface area contributed by atoms with Crippen molar-refractivity contribution in [3.05, 3.63) is 24.3 Å². The zero-order chi connectivity index (χ0) is 16.5. The second-order valence-electron chi connectivity index (χ2n) is 5.51. The summed E-state index contributed by atoms with van der Waals surface area (Å²) in [6.07, 6.45) is 4.42. The van der Waals surface area contributed by atoms with E-state index in [4.69, 9.17) is 9.47 Å². The fourth-order valence-electron chi connectivity index (χ4n) is 2.54. The minimum absolute atomic E-state index is 0.0219. The van der Waals surface area contributed by atoms with E-state index < -0.39 is 0 Å². The summed E-state index contributed by atoms with van der Waals surface area (Å²) < 4.78 is 10.6. The molecule has 1 aromatic carbocycles. The highest BCUT2D eigenvalue weighted by molar-refractivity contribution is 5.85. The van der Waals surface area contributed by atoms with Crippen LogP contribution in [0.25, 0.3) is 0 Å². The van der Waals surface area contributed by atoms with Crippen molar-refractivity contribution in [1.29, 1.82) is 0 Å². The van der Waals surface area contributed by atoms with Gasteiger partial charge < -0.3 is 19.7 Å². The van der Waals surface area contributed by atoms with E-state index in [9.17, 15) is 9.59 Å². The van der Waals surface area contributed by atoms with Crippen LogP contribution in [-0.2, 0) is 9.59 Å². The fourth-order valence-corrected chi connectivity index (χ4v) is 2.54. The Morgan fingerprint density at radius 1 is 1.09 bits per heavy atom. The van der Waals surface area contributed by atoms with E-state index in [1.165, 1.54) is 12.8 Å². The minimum Gasteiger partial charge on any atom is -0.493 e. The summed E-state index contributed by atoms with van der Waals surface area (Å²) >= 11 is 0. The van der Waals surface area contributed by atoms with Crippen molar-refractivity contribution >= 4 is 11.8 Å². The average Bonchev–Trinajstić information content (AvgIpc) is 2.87. The maximum absolute atomic E-state index is 12.1. The normalized spacial score (nSPS) is 14.7. The van der Waals surface area contributed by atoms with Gasteiger partial charge in [-0.15, -0.1) is 0 Å². The van der Waals surface area contributed by atoms with Crippen LogP contribution in [-0.4, -0.2) is 50.1 Å². The molecule has 0 saturated carbocycles. The Hall–Kier alpha value is -2.24. The van der Waals surface area contributed by atoms with E-state index in [-0.39, 0.29) is 25.0 Å². The molecule has 0 spiro atoms. The number of hydrogen-bond donors (Lipinski definition) is 1. The highest BCUT2D eigenvalue weighted by Crippen LogP contribution is 2.25. The van der Waals surface area contributed by atoms with Gasteiger partial charge in [0.1, 0.15) is 0 Å². The van der Waals surface area contributed by atoms with Crippen LogP contribution < -0.4 is 14.8 Å². The number of nitrogens with zero attached hydrogens (tertiary/aromatic N) is 1. The van der Waals surface area contributed by atoms with Crippen molar-refractivity contribution in [3.8, 4) is 11.5 Å². The zero-order valence-electron chi connectivity index (χ0n) is 13.5. The molecule has 126 valence electrons. The summed E-state index contributed by atoms with van der Waals surface area (Å²) in [5, 5.41) is 2.61. The third-order valence-electron chi connectivity index (χ3n) is 3.82. The first kappa shape index (κ1) is 17.1. The van der Waals surface area contributed by atoms with E-state index in [1.54, 1.807) is 25.3 Å². The number of para-hydroxylation sites is 2. The van der Waals surface area contributed by atoms with Gasteiger partial charge in [0.25, 0.3) is 5.91 Å². The summed E-state index contributed by atoms with van der Waals surface area (Å²) in [6.45, 7) is 1.45. The van der Waals surface area contributed by atoms with Crippen molar-refractivity contribution in [2.75, 3.05) is 33.4 Å². The van der Waals surface area contributed by atoms with Gasteiger partial charge in [-0.3, -0.25) is 9.59 Å². The summed E-state index contributed by atoms with van der Waals surface area (Å²) in [4.78, 5) is 25.7. The lowest BCUT2D eigenvalue weighted by molar-refractivity contribution is -0.133.